The fourth-order valence-corrected chi connectivity index (χ4v) is 2.06. The van der Waals surface area contributed by atoms with E-state index in [1.165, 1.54) is 11.3 Å². The number of rotatable bonds is 2. The zero-order valence-electron chi connectivity index (χ0n) is 9.77. The third-order valence-electron chi connectivity index (χ3n) is 2.97. The smallest absolute Gasteiger partial charge is 0.0670 e. The normalized spacial score (nSPS) is 16.5. The van der Waals surface area contributed by atoms with Crippen LogP contribution in [0.2, 0.25) is 0 Å². The second-order valence-electron chi connectivity index (χ2n) is 3.78. The van der Waals surface area contributed by atoms with Crippen LogP contribution in [0.15, 0.2) is 43.5 Å². The summed E-state index contributed by atoms with van der Waals surface area (Å²) in [7, 11) is 4.10. The van der Waals surface area contributed by atoms with Gasteiger partial charge in [0.15, 0.2) is 0 Å². The summed E-state index contributed by atoms with van der Waals surface area (Å²) in [5.74, 6) is 0. The molecule has 0 saturated heterocycles. The molecule has 1 heterocycles. The van der Waals surface area contributed by atoms with E-state index in [9.17, 15) is 0 Å². The molecular formula is C14H16N2. The largest absolute Gasteiger partial charge is 0.288 e. The SMILES string of the molecule is C=C/C=C1\c2c(C=C)cccc2N(C)N1C. The molecule has 16 heavy (non-hydrogen) atoms. The zero-order chi connectivity index (χ0) is 11.7. The number of fused-ring (bicyclic) bond motifs is 1. The lowest BCUT2D eigenvalue weighted by molar-refractivity contribution is 0.488. The van der Waals surface area contributed by atoms with Gasteiger partial charge in [0, 0.05) is 19.7 Å². The number of hydrogen-bond acceptors (Lipinski definition) is 2. The molecule has 1 aliphatic rings. The standard InChI is InChI=1S/C14H16N2/c1-5-8-12-14-11(6-2)9-7-10-13(14)16(4)15(12)3/h5-10H,1-2H2,3-4H3/b12-8+. The molecule has 2 rings (SSSR count). The van der Waals surface area contributed by atoms with Crippen LogP contribution in [0, 0.1) is 0 Å². The van der Waals surface area contributed by atoms with Crippen LogP contribution >= 0.6 is 0 Å². The topological polar surface area (TPSA) is 6.48 Å². The lowest BCUT2D eigenvalue weighted by Crippen LogP contribution is -2.29. The minimum atomic E-state index is 1.15. The summed E-state index contributed by atoms with van der Waals surface area (Å²) in [6.45, 7) is 7.63. The number of hydrazine groups is 1. The van der Waals surface area contributed by atoms with E-state index in [-0.39, 0.29) is 0 Å². The van der Waals surface area contributed by atoms with Crippen molar-refractivity contribution in [2.24, 2.45) is 0 Å². The Kier molecular flexibility index (Phi) is 2.57. The van der Waals surface area contributed by atoms with Crippen LogP contribution in [0.4, 0.5) is 5.69 Å². The van der Waals surface area contributed by atoms with Gasteiger partial charge in [0.25, 0.3) is 0 Å². The highest BCUT2D eigenvalue weighted by Gasteiger charge is 2.26. The van der Waals surface area contributed by atoms with Gasteiger partial charge in [-0.05, 0) is 17.7 Å². The number of allylic oxidation sites excluding steroid dienone is 2. The number of anilines is 1. The van der Waals surface area contributed by atoms with Gasteiger partial charge < -0.3 is 0 Å². The lowest BCUT2D eigenvalue weighted by Gasteiger charge is -2.24. The molecule has 0 radical (unpaired) electrons. The maximum absolute atomic E-state index is 3.86. The molecule has 1 aromatic carbocycles. The molecule has 0 unspecified atom stereocenters. The van der Waals surface area contributed by atoms with Gasteiger partial charge in [-0.15, -0.1) is 0 Å². The molecule has 0 bridgehead atoms. The van der Waals surface area contributed by atoms with E-state index in [1.807, 2.05) is 25.3 Å². The fourth-order valence-electron chi connectivity index (χ4n) is 2.06. The Morgan fingerprint density at radius 2 is 1.88 bits per heavy atom. The highest BCUT2D eigenvalue weighted by atomic mass is 15.6. The second-order valence-corrected chi connectivity index (χ2v) is 3.78. The molecule has 0 fully saturated rings. The van der Waals surface area contributed by atoms with Crippen LogP contribution in [0.1, 0.15) is 11.1 Å². The zero-order valence-corrected chi connectivity index (χ0v) is 9.77. The van der Waals surface area contributed by atoms with Crippen molar-refractivity contribution in [3.8, 4) is 0 Å². The Hall–Kier alpha value is -1.96. The molecule has 0 spiro atoms. The van der Waals surface area contributed by atoms with Crippen molar-refractivity contribution in [1.29, 1.82) is 0 Å². The van der Waals surface area contributed by atoms with Crippen LogP contribution in [-0.4, -0.2) is 19.1 Å². The lowest BCUT2D eigenvalue weighted by atomic mass is 10.0. The Morgan fingerprint density at radius 1 is 1.12 bits per heavy atom. The monoisotopic (exact) mass is 212 g/mol. The van der Waals surface area contributed by atoms with Crippen LogP contribution in [0.3, 0.4) is 0 Å². The first-order valence-electron chi connectivity index (χ1n) is 5.26. The molecule has 0 atom stereocenters. The van der Waals surface area contributed by atoms with Gasteiger partial charge in [0.1, 0.15) is 0 Å². The van der Waals surface area contributed by atoms with Crippen LogP contribution in [0.25, 0.3) is 11.8 Å². The molecule has 0 aromatic heterocycles. The highest BCUT2D eigenvalue weighted by Crippen LogP contribution is 2.39. The van der Waals surface area contributed by atoms with Gasteiger partial charge in [0.2, 0.25) is 0 Å². The van der Waals surface area contributed by atoms with Crippen molar-refractivity contribution in [1.82, 2.24) is 5.01 Å². The van der Waals surface area contributed by atoms with E-state index in [4.69, 9.17) is 0 Å². The molecule has 2 nitrogen and oxygen atoms in total. The van der Waals surface area contributed by atoms with Gasteiger partial charge in [-0.2, -0.15) is 0 Å². The second kappa shape index (κ2) is 3.89. The highest BCUT2D eigenvalue weighted by molar-refractivity contribution is 5.87. The van der Waals surface area contributed by atoms with E-state index in [2.05, 4.69) is 48.4 Å². The average Bonchev–Trinajstić information content (AvgIpc) is 2.55. The summed E-state index contributed by atoms with van der Waals surface area (Å²) in [4.78, 5) is 0. The molecule has 2 heteroatoms. The van der Waals surface area contributed by atoms with Crippen molar-refractivity contribution in [2.75, 3.05) is 19.1 Å². The van der Waals surface area contributed by atoms with Gasteiger partial charge in [-0.25, -0.2) is 0 Å². The molecule has 1 aliphatic heterocycles. The van der Waals surface area contributed by atoms with Crippen LogP contribution in [-0.2, 0) is 0 Å². The van der Waals surface area contributed by atoms with Crippen LogP contribution in [0.5, 0.6) is 0 Å². The number of benzene rings is 1. The molecule has 0 aliphatic carbocycles. The predicted octanol–water partition coefficient (Wildman–Crippen LogP) is 3.15. The quantitative estimate of drug-likeness (QED) is 0.743. The predicted molar refractivity (Wildman–Crippen MR) is 70.9 cm³/mol. The number of nitrogens with zero attached hydrogens (tertiary/aromatic N) is 2. The molecular weight excluding hydrogens is 196 g/mol. The maximum atomic E-state index is 3.86. The van der Waals surface area contributed by atoms with E-state index in [0.717, 1.165) is 11.3 Å². The molecule has 1 aromatic rings. The van der Waals surface area contributed by atoms with Crippen molar-refractivity contribution in [3.63, 3.8) is 0 Å². The summed E-state index contributed by atoms with van der Waals surface area (Å²) in [5, 5.41) is 4.23. The van der Waals surface area contributed by atoms with Crippen molar-refractivity contribution in [2.45, 2.75) is 0 Å². The summed E-state index contributed by atoms with van der Waals surface area (Å²) in [6.07, 6.45) is 5.73. The van der Waals surface area contributed by atoms with E-state index in [1.54, 1.807) is 0 Å². The number of hydrogen-bond donors (Lipinski definition) is 0. The Labute approximate surface area is 96.8 Å². The Bertz CT molecular complexity index is 472. The molecule has 82 valence electrons. The van der Waals surface area contributed by atoms with Crippen molar-refractivity contribution >= 4 is 17.5 Å². The molecule has 0 N–H and O–H groups in total. The van der Waals surface area contributed by atoms with Gasteiger partial charge in [-0.1, -0.05) is 37.4 Å². The van der Waals surface area contributed by atoms with Crippen molar-refractivity contribution in [3.05, 3.63) is 54.6 Å². The van der Waals surface area contributed by atoms with Crippen molar-refractivity contribution < 1.29 is 0 Å². The van der Waals surface area contributed by atoms with Gasteiger partial charge in [0.05, 0.1) is 11.4 Å². The van der Waals surface area contributed by atoms with Gasteiger partial charge in [-0.3, -0.25) is 10.0 Å². The summed E-state index contributed by atoms with van der Waals surface area (Å²) in [6, 6.07) is 6.25. The minimum Gasteiger partial charge on any atom is -0.288 e. The first-order chi connectivity index (χ1) is 7.70. The Balaban J connectivity index is 2.71. The fraction of sp³-hybridized carbons (Fsp3) is 0.143. The van der Waals surface area contributed by atoms with E-state index in [0.29, 0.717) is 0 Å². The third-order valence-corrected chi connectivity index (χ3v) is 2.97. The van der Waals surface area contributed by atoms with Gasteiger partial charge >= 0.3 is 0 Å². The first kappa shape index (κ1) is 10.6. The minimum absolute atomic E-state index is 1.15. The third kappa shape index (κ3) is 1.34. The van der Waals surface area contributed by atoms with E-state index >= 15 is 0 Å². The summed E-state index contributed by atoms with van der Waals surface area (Å²) >= 11 is 0. The first-order valence-corrected chi connectivity index (χ1v) is 5.26. The summed E-state index contributed by atoms with van der Waals surface area (Å²) < 4.78 is 0. The Morgan fingerprint density at radius 3 is 2.50 bits per heavy atom. The van der Waals surface area contributed by atoms with Crippen LogP contribution < -0.4 is 5.01 Å². The average molecular weight is 212 g/mol. The maximum Gasteiger partial charge on any atom is 0.0670 e. The van der Waals surface area contributed by atoms with E-state index < -0.39 is 0 Å². The molecule has 0 saturated carbocycles. The molecule has 0 amide bonds. The summed E-state index contributed by atoms with van der Waals surface area (Å²) in [5.41, 5.74) is 4.74.